The summed E-state index contributed by atoms with van der Waals surface area (Å²) in [6.45, 7) is 19.6. The molecule has 32 heavy (non-hydrogen) atoms. The highest BCUT2D eigenvalue weighted by Crippen LogP contribution is 2.38. The number of benzene rings is 2. The van der Waals surface area contributed by atoms with Crippen LogP contribution in [-0.2, 0) is 6.42 Å². The molecule has 0 radical (unpaired) electrons. The van der Waals surface area contributed by atoms with Crippen LogP contribution in [0.1, 0.15) is 56.4 Å². The van der Waals surface area contributed by atoms with Crippen LogP contribution < -0.4 is 13.9 Å². The lowest BCUT2D eigenvalue weighted by Gasteiger charge is -2.36. The van der Waals surface area contributed by atoms with Gasteiger partial charge in [-0.15, -0.1) is 6.42 Å². The van der Waals surface area contributed by atoms with Crippen molar-refractivity contribution in [1.29, 1.82) is 0 Å². The third-order valence-corrected chi connectivity index (χ3v) is 11.3. The molecule has 2 aromatic rings. The van der Waals surface area contributed by atoms with E-state index in [-0.39, 0.29) is 5.04 Å². The summed E-state index contributed by atoms with van der Waals surface area (Å²) in [5.74, 6) is 5.44. The van der Waals surface area contributed by atoms with E-state index in [0.29, 0.717) is 0 Å². The smallest absolute Gasteiger partial charge is 0.250 e. The first-order valence-electron chi connectivity index (χ1n) is 11.3. The molecule has 2 aromatic carbocycles. The first-order chi connectivity index (χ1) is 14.7. The molecule has 4 heteroatoms. The first-order valence-corrected chi connectivity index (χ1v) is 14.2. The third kappa shape index (κ3) is 5.89. The molecule has 0 spiro atoms. The van der Waals surface area contributed by atoms with Gasteiger partial charge in [-0.05, 0) is 105 Å². The molecule has 0 aromatic heterocycles. The van der Waals surface area contributed by atoms with E-state index in [9.17, 15) is 0 Å². The fraction of sp³-hybridized carbons (Fsp3) is 0.500. The molecule has 0 aliphatic carbocycles. The van der Waals surface area contributed by atoms with Gasteiger partial charge in [0.1, 0.15) is 17.2 Å². The van der Waals surface area contributed by atoms with E-state index in [2.05, 4.69) is 66.6 Å². The Kier molecular flexibility index (Phi) is 7.78. The molecule has 0 aliphatic heterocycles. The second kappa shape index (κ2) is 9.63. The van der Waals surface area contributed by atoms with Crippen molar-refractivity contribution in [2.45, 2.75) is 85.0 Å². The molecule has 0 heterocycles. The topological polar surface area (TPSA) is 27.7 Å². The van der Waals surface area contributed by atoms with Gasteiger partial charge in [0.15, 0.2) is 5.60 Å². The first kappa shape index (κ1) is 25.9. The Morgan fingerprint density at radius 1 is 0.938 bits per heavy atom. The Morgan fingerprint density at radius 2 is 1.50 bits per heavy atom. The highest BCUT2D eigenvalue weighted by atomic mass is 28.4. The summed E-state index contributed by atoms with van der Waals surface area (Å²) in [6.07, 6.45) is 7.48. The van der Waals surface area contributed by atoms with Gasteiger partial charge in [0.25, 0.3) is 0 Å². The van der Waals surface area contributed by atoms with Gasteiger partial charge in [-0.1, -0.05) is 26.7 Å². The van der Waals surface area contributed by atoms with Gasteiger partial charge < -0.3 is 13.9 Å². The van der Waals surface area contributed by atoms with Crippen LogP contribution in [0, 0.1) is 33.1 Å². The van der Waals surface area contributed by atoms with Gasteiger partial charge in [0.2, 0.25) is 8.32 Å². The zero-order chi connectivity index (χ0) is 24.3. The maximum absolute atomic E-state index is 6.37. The molecular weight excluding hydrogens is 412 g/mol. The minimum Gasteiger partial charge on any atom is -0.543 e. The van der Waals surface area contributed by atoms with Gasteiger partial charge in [-0.25, -0.2) is 0 Å². The second-order valence-corrected chi connectivity index (χ2v) is 15.2. The number of aryl methyl sites for hydroxylation is 1. The predicted molar refractivity (Wildman–Crippen MR) is 138 cm³/mol. The van der Waals surface area contributed by atoms with Gasteiger partial charge in [0.05, 0.1) is 7.11 Å². The third-order valence-electron chi connectivity index (χ3n) is 6.93. The van der Waals surface area contributed by atoms with Gasteiger partial charge in [-0.3, -0.25) is 0 Å². The van der Waals surface area contributed by atoms with E-state index in [1.54, 1.807) is 7.11 Å². The number of ether oxygens (including phenoxy) is 2. The van der Waals surface area contributed by atoms with Crippen LogP contribution in [0.5, 0.6) is 17.2 Å². The van der Waals surface area contributed by atoms with E-state index in [1.807, 2.05) is 31.2 Å². The Hall–Kier alpha value is -2.38. The summed E-state index contributed by atoms with van der Waals surface area (Å²) < 4.78 is 18.1. The van der Waals surface area contributed by atoms with Crippen molar-refractivity contribution in [1.82, 2.24) is 0 Å². The normalized spacial score (nSPS) is 13.8. The maximum atomic E-state index is 6.37. The lowest BCUT2D eigenvalue weighted by atomic mass is 9.90. The highest BCUT2D eigenvalue weighted by molar-refractivity contribution is 6.74. The molecule has 1 unspecified atom stereocenters. The summed E-state index contributed by atoms with van der Waals surface area (Å²) in [4.78, 5) is 0. The monoisotopic (exact) mass is 452 g/mol. The molecule has 0 amide bonds. The van der Waals surface area contributed by atoms with E-state index >= 15 is 0 Å². The summed E-state index contributed by atoms with van der Waals surface area (Å²) in [6, 6.07) is 9.97. The minimum absolute atomic E-state index is 0.153. The molecule has 0 saturated heterocycles. The largest absolute Gasteiger partial charge is 0.543 e. The Balaban J connectivity index is 2.13. The van der Waals surface area contributed by atoms with Crippen LogP contribution in [-0.4, -0.2) is 21.0 Å². The summed E-state index contributed by atoms with van der Waals surface area (Å²) in [5.41, 5.74) is 4.26. The molecule has 0 N–H and O–H groups in total. The van der Waals surface area contributed by atoms with E-state index in [4.69, 9.17) is 20.3 Å². The van der Waals surface area contributed by atoms with Crippen LogP contribution in [0.3, 0.4) is 0 Å². The quantitative estimate of drug-likeness (QED) is 0.308. The molecule has 0 aliphatic rings. The van der Waals surface area contributed by atoms with Crippen molar-refractivity contribution in [2.24, 2.45) is 0 Å². The Labute approximate surface area is 196 Å². The van der Waals surface area contributed by atoms with Crippen LogP contribution in [0.25, 0.3) is 0 Å². The van der Waals surface area contributed by atoms with Crippen molar-refractivity contribution in [2.75, 3.05) is 7.11 Å². The van der Waals surface area contributed by atoms with E-state index < -0.39 is 13.9 Å². The van der Waals surface area contributed by atoms with Crippen LogP contribution in [0.15, 0.2) is 30.3 Å². The van der Waals surface area contributed by atoms with Gasteiger partial charge in [0, 0.05) is 6.42 Å². The van der Waals surface area contributed by atoms with Crippen molar-refractivity contribution in [3.05, 3.63) is 52.6 Å². The Morgan fingerprint density at radius 3 is 2.00 bits per heavy atom. The summed E-state index contributed by atoms with van der Waals surface area (Å²) in [7, 11) is -0.156. The fourth-order valence-electron chi connectivity index (χ4n) is 3.50. The van der Waals surface area contributed by atoms with Crippen molar-refractivity contribution in [3.8, 4) is 29.6 Å². The maximum Gasteiger partial charge on any atom is 0.250 e. The SMILES string of the molecule is C#CC(C)(CCc1c(C)cc(OC)c(C)c1C)Oc1ccc(O[Si](C)(C)C(C)(C)C)cc1. The zero-order valence-corrected chi connectivity index (χ0v) is 22.6. The number of hydrogen-bond acceptors (Lipinski definition) is 3. The number of methoxy groups -OCH3 is 1. The van der Waals surface area contributed by atoms with Crippen molar-refractivity contribution < 1.29 is 13.9 Å². The van der Waals surface area contributed by atoms with Gasteiger partial charge >= 0.3 is 0 Å². The number of rotatable bonds is 8. The second-order valence-electron chi connectivity index (χ2n) is 10.4. The van der Waals surface area contributed by atoms with Gasteiger partial charge in [-0.2, -0.15) is 0 Å². The molecule has 2 rings (SSSR count). The average Bonchev–Trinajstić information content (AvgIpc) is 2.71. The molecule has 3 nitrogen and oxygen atoms in total. The lowest BCUT2D eigenvalue weighted by molar-refractivity contribution is 0.141. The van der Waals surface area contributed by atoms with E-state index in [0.717, 1.165) is 30.1 Å². The summed E-state index contributed by atoms with van der Waals surface area (Å²) in [5, 5.41) is 0.153. The molecule has 1 atom stereocenters. The van der Waals surface area contributed by atoms with Crippen LogP contribution >= 0.6 is 0 Å². The van der Waals surface area contributed by atoms with E-state index in [1.165, 1.54) is 22.3 Å². The zero-order valence-electron chi connectivity index (χ0n) is 21.6. The number of hydrogen-bond donors (Lipinski definition) is 0. The summed E-state index contributed by atoms with van der Waals surface area (Å²) >= 11 is 0. The lowest BCUT2D eigenvalue weighted by Crippen LogP contribution is -2.43. The average molecular weight is 453 g/mol. The predicted octanol–water partition coefficient (Wildman–Crippen LogP) is 7.41. The van der Waals surface area contributed by atoms with Crippen LogP contribution in [0.4, 0.5) is 0 Å². The molecule has 0 bridgehead atoms. The number of terminal acetylenes is 1. The standard InChI is InChI=1S/C28H40O3Si/c1-12-28(8,18-17-25-20(2)19-26(29-9)22(4)21(25)3)30-23-13-15-24(16-14-23)31-32(10,11)27(5,6)7/h1,13-16,19H,17-18H2,2-11H3. The minimum atomic E-state index is -1.87. The molecular formula is C28H40O3Si. The van der Waals surface area contributed by atoms with Crippen molar-refractivity contribution in [3.63, 3.8) is 0 Å². The van der Waals surface area contributed by atoms with Crippen molar-refractivity contribution >= 4 is 8.32 Å². The fourth-order valence-corrected chi connectivity index (χ4v) is 4.53. The van der Waals surface area contributed by atoms with Crippen LogP contribution in [0.2, 0.25) is 18.1 Å². The molecule has 0 fully saturated rings. The molecule has 174 valence electrons. The highest BCUT2D eigenvalue weighted by Gasteiger charge is 2.39. The molecule has 0 saturated carbocycles. The Bertz CT molecular complexity index is 978.